The Morgan fingerprint density at radius 3 is 3.05 bits per heavy atom. The maximum Gasteiger partial charge on any atom is 0.173 e. The predicted molar refractivity (Wildman–Crippen MR) is 89.8 cm³/mol. The molecule has 0 saturated carbocycles. The first kappa shape index (κ1) is 14.3. The Bertz CT molecular complexity index is 681. The van der Waals surface area contributed by atoms with Crippen LogP contribution in [-0.2, 0) is 13.0 Å². The molecule has 0 unspecified atom stereocenters. The van der Waals surface area contributed by atoms with Gasteiger partial charge in [0, 0.05) is 28.5 Å². The Kier molecular flexibility index (Phi) is 4.07. The molecule has 2 aromatic rings. The molecule has 0 amide bonds. The zero-order valence-electron chi connectivity index (χ0n) is 11.7. The minimum absolute atomic E-state index is 0.172. The first-order valence-corrected chi connectivity index (χ1v) is 8.80. The summed E-state index contributed by atoms with van der Waals surface area (Å²) in [4.78, 5) is 4.80. The summed E-state index contributed by atoms with van der Waals surface area (Å²) in [6.07, 6.45) is 3.05. The van der Waals surface area contributed by atoms with E-state index in [4.69, 9.17) is 10.9 Å². The molecule has 1 aliphatic rings. The van der Waals surface area contributed by atoms with Gasteiger partial charge in [0.25, 0.3) is 0 Å². The van der Waals surface area contributed by atoms with E-state index >= 15 is 0 Å². The molecule has 3 N–H and O–H groups in total. The van der Waals surface area contributed by atoms with Crippen molar-refractivity contribution in [2.24, 2.45) is 10.9 Å². The number of oxime groups is 1. The molecule has 1 aromatic carbocycles. The summed E-state index contributed by atoms with van der Waals surface area (Å²) in [5, 5.41) is 14.5. The van der Waals surface area contributed by atoms with Gasteiger partial charge in [0.15, 0.2) is 5.84 Å². The molecule has 1 aliphatic heterocycles. The summed E-state index contributed by atoms with van der Waals surface area (Å²) in [6, 6.07) is 8.26. The van der Waals surface area contributed by atoms with E-state index in [1.807, 2.05) is 35.8 Å². The van der Waals surface area contributed by atoms with Crippen LogP contribution in [0.25, 0.3) is 0 Å². The van der Waals surface area contributed by atoms with Gasteiger partial charge in [-0.25, -0.2) is 0 Å². The van der Waals surface area contributed by atoms with Crippen molar-refractivity contribution in [2.45, 2.75) is 17.9 Å². The van der Waals surface area contributed by atoms with Crippen LogP contribution in [0, 0.1) is 0 Å². The van der Waals surface area contributed by atoms with Crippen molar-refractivity contribution in [3.63, 3.8) is 0 Å². The van der Waals surface area contributed by atoms with Crippen LogP contribution in [-0.4, -0.2) is 23.8 Å². The average molecular weight is 319 g/mol. The monoisotopic (exact) mass is 319 g/mol. The smallest absolute Gasteiger partial charge is 0.173 e. The normalized spacial score (nSPS) is 15.1. The topological polar surface area (TPSA) is 61.8 Å². The predicted octanol–water partition coefficient (Wildman–Crippen LogP) is 3.13. The van der Waals surface area contributed by atoms with E-state index < -0.39 is 0 Å². The number of thiophene rings is 1. The summed E-state index contributed by atoms with van der Waals surface area (Å²) < 4.78 is 0. The number of nitrogens with zero attached hydrogens (tertiary/aromatic N) is 2. The van der Waals surface area contributed by atoms with Crippen molar-refractivity contribution in [3.8, 4) is 0 Å². The molecule has 0 aliphatic carbocycles. The third-order valence-corrected chi connectivity index (χ3v) is 5.54. The number of thioether (sulfide) groups is 1. The fourth-order valence-corrected chi connectivity index (χ4v) is 4.23. The van der Waals surface area contributed by atoms with E-state index in [1.54, 1.807) is 11.8 Å². The van der Waals surface area contributed by atoms with Crippen LogP contribution in [0.1, 0.15) is 16.0 Å². The van der Waals surface area contributed by atoms with E-state index in [-0.39, 0.29) is 5.84 Å². The molecule has 6 heteroatoms. The van der Waals surface area contributed by atoms with E-state index in [0.29, 0.717) is 0 Å². The van der Waals surface area contributed by atoms with Gasteiger partial charge in [0.05, 0.1) is 5.56 Å². The quantitative estimate of drug-likeness (QED) is 0.300. The van der Waals surface area contributed by atoms with Gasteiger partial charge in [0.1, 0.15) is 0 Å². The molecular formula is C15H17N3OS2. The molecular weight excluding hydrogens is 302 g/mol. The second-order valence-corrected chi connectivity index (χ2v) is 6.73. The van der Waals surface area contributed by atoms with Crippen LogP contribution >= 0.6 is 23.1 Å². The molecule has 0 spiro atoms. The van der Waals surface area contributed by atoms with Gasteiger partial charge in [-0.15, -0.1) is 23.1 Å². The van der Waals surface area contributed by atoms with E-state index in [0.717, 1.165) is 35.7 Å². The molecule has 0 saturated heterocycles. The number of nitrogens with two attached hydrogens (primary N) is 1. The lowest BCUT2D eigenvalue weighted by Crippen LogP contribution is -2.31. The molecule has 3 rings (SSSR count). The second-order valence-electron chi connectivity index (χ2n) is 4.88. The van der Waals surface area contributed by atoms with Crippen molar-refractivity contribution < 1.29 is 5.21 Å². The number of hydrogen-bond acceptors (Lipinski definition) is 5. The zero-order valence-corrected chi connectivity index (χ0v) is 13.4. The minimum Gasteiger partial charge on any atom is -0.409 e. The van der Waals surface area contributed by atoms with Crippen LogP contribution in [0.3, 0.4) is 0 Å². The van der Waals surface area contributed by atoms with Crippen LogP contribution in [0.2, 0.25) is 0 Å². The number of fused-ring (bicyclic) bond motifs is 1. The lowest BCUT2D eigenvalue weighted by atomic mass is 10.1. The molecule has 21 heavy (non-hydrogen) atoms. The first-order valence-electron chi connectivity index (χ1n) is 6.69. The van der Waals surface area contributed by atoms with Crippen molar-refractivity contribution in [2.75, 3.05) is 17.7 Å². The summed E-state index contributed by atoms with van der Waals surface area (Å²) >= 11 is 3.43. The molecule has 2 heterocycles. The third-order valence-electron chi connectivity index (χ3n) is 3.74. The number of hydrogen-bond donors (Lipinski definition) is 2. The number of amidine groups is 1. The highest BCUT2D eigenvalue weighted by atomic mass is 32.2. The summed E-state index contributed by atoms with van der Waals surface area (Å²) in [7, 11) is 0. The Labute approximate surface area is 132 Å². The molecule has 0 radical (unpaired) electrons. The van der Waals surface area contributed by atoms with Crippen molar-refractivity contribution in [3.05, 3.63) is 45.6 Å². The maximum atomic E-state index is 9.09. The summed E-state index contributed by atoms with van der Waals surface area (Å²) in [6.45, 7) is 1.83. The van der Waals surface area contributed by atoms with Crippen LogP contribution in [0.5, 0.6) is 0 Å². The standard InChI is InChI=1S/C15H17N3OS2/c1-20-13-4-2-3-11(14(13)15(16)17-19)18-7-5-12-10(9-18)6-8-21-12/h2-4,6,8,19H,5,7,9H2,1H3,(H2,16,17). The largest absolute Gasteiger partial charge is 0.409 e. The van der Waals surface area contributed by atoms with Gasteiger partial charge < -0.3 is 15.8 Å². The summed E-state index contributed by atoms with van der Waals surface area (Å²) in [5.74, 6) is 0.172. The molecule has 4 nitrogen and oxygen atoms in total. The Balaban J connectivity index is 2.03. The van der Waals surface area contributed by atoms with Crippen LogP contribution in [0.4, 0.5) is 5.69 Å². The molecule has 110 valence electrons. The van der Waals surface area contributed by atoms with Crippen molar-refractivity contribution in [1.82, 2.24) is 0 Å². The van der Waals surface area contributed by atoms with E-state index in [1.165, 1.54) is 10.4 Å². The maximum absolute atomic E-state index is 9.09. The molecule has 1 aromatic heterocycles. The van der Waals surface area contributed by atoms with Gasteiger partial charge >= 0.3 is 0 Å². The van der Waals surface area contributed by atoms with Gasteiger partial charge in [-0.1, -0.05) is 11.2 Å². The Morgan fingerprint density at radius 1 is 1.43 bits per heavy atom. The number of benzene rings is 1. The SMILES string of the molecule is CSc1cccc(N2CCc3sccc3C2)c1/C(N)=N/O. The van der Waals surface area contributed by atoms with Crippen molar-refractivity contribution >= 4 is 34.6 Å². The van der Waals surface area contributed by atoms with Crippen LogP contribution in [0.15, 0.2) is 39.7 Å². The van der Waals surface area contributed by atoms with E-state index in [2.05, 4.69) is 21.5 Å². The molecule has 0 atom stereocenters. The summed E-state index contributed by atoms with van der Waals surface area (Å²) in [5.41, 5.74) is 9.16. The molecule has 0 fully saturated rings. The van der Waals surface area contributed by atoms with Crippen molar-refractivity contribution in [1.29, 1.82) is 0 Å². The van der Waals surface area contributed by atoms with Gasteiger partial charge in [-0.2, -0.15) is 0 Å². The lowest BCUT2D eigenvalue weighted by molar-refractivity contribution is 0.318. The van der Waals surface area contributed by atoms with E-state index in [9.17, 15) is 0 Å². The van der Waals surface area contributed by atoms with Gasteiger partial charge in [-0.3, -0.25) is 0 Å². The number of rotatable bonds is 3. The van der Waals surface area contributed by atoms with Gasteiger partial charge in [-0.05, 0) is 41.8 Å². The average Bonchev–Trinajstić information content (AvgIpc) is 3.00. The second kappa shape index (κ2) is 5.99. The highest BCUT2D eigenvalue weighted by molar-refractivity contribution is 7.98. The highest BCUT2D eigenvalue weighted by Gasteiger charge is 2.22. The fourth-order valence-electron chi connectivity index (χ4n) is 2.71. The lowest BCUT2D eigenvalue weighted by Gasteiger charge is -2.31. The third kappa shape index (κ3) is 2.61. The fraction of sp³-hybridized carbons (Fsp3) is 0.267. The number of anilines is 1. The Morgan fingerprint density at radius 2 is 2.29 bits per heavy atom. The molecule has 0 bridgehead atoms. The highest BCUT2D eigenvalue weighted by Crippen LogP contribution is 2.33. The Hall–Kier alpha value is -1.66. The van der Waals surface area contributed by atoms with Crippen LogP contribution < -0.4 is 10.6 Å². The zero-order chi connectivity index (χ0) is 14.8. The van der Waals surface area contributed by atoms with Gasteiger partial charge in [0.2, 0.25) is 0 Å². The minimum atomic E-state index is 0.172. The first-order chi connectivity index (χ1) is 10.2.